The smallest absolute Gasteiger partial charge is 0.191 e. The van der Waals surface area contributed by atoms with Gasteiger partial charge in [0.25, 0.3) is 0 Å². The molecular weight excluding hydrogens is 477 g/mol. The highest BCUT2D eigenvalue weighted by Gasteiger charge is 2.06. The zero-order valence-corrected chi connectivity index (χ0v) is 20.0. The second kappa shape index (κ2) is 15.2. The minimum atomic E-state index is 0. The molecular formula is C23H34IN3O2. The molecule has 0 aliphatic carbocycles. The van der Waals surface area contributed by atoms with Crippen molar-refractivity contribution in [2.45, 2.75) is 33.6 Å². The molecule has 1 atom stereocenters. The summed E-state index contributed by atoms with van der Waals surface area (Å²) >= 11 is 0. The summed E-state index contributed by atoms with van der Waals surface area (Å²) in [6, 6.07) is 18.6. The zero-order chi connectivity index (χ0) is 20.0. The van der Waals surface area contributed by atoms with Gasteiger partial charge in [-0.3, -0.25) is 4.99 Å². The van der Waals surface area contributed by atoms with Crippen molar-refractivity contribution in [1.82, 2.24) is 10.6 Å². The highest BCUT2D eigenvalue weighted by Crippen LogP contribution is 2.10. The van der Waals surface area contributed by atoms with Crippen LogP contribution in [0.15, 0.2) is 59.6 Å². The number of nitrogens with one attached hydrogen (secondary N) is 2. The Kier molecular flexibility index (Phi) is 13.3. The third kappa shape index (κ3) is 10.1. The number of nitrogens with zero attached hydrogens (tertiary/aromatic N) is 1. The van der Waals surface area contributed by atoms with Crippen LogP contribution in [0.1, 0.15) is 30.5 Å². The molecule has 0 saturated carbocycles. The Morgan fingerprint density at radius 1 is 0.931 bits per heavy atom. The second-order valence-electron chi connectivity index (χ2n) is 6.82. The molecule has 2 N–H and O–H groups in total. The molecule has 0 amide bonds. The van der Waals surface area contributed by atoms with Crippen molar-refractivity contribution in [3.05, 3.63) is 71.3 Å². The second-order valence-corrected chi connectivity index (χ2v) is 6.82. The molecule has 0 aliphatic rings. The fraction of sp³-hybridized carbons (Fsp3) is 0.435. The average Bonchev–Trinajstić information content (AvgIpc) is 2.73. The zero-order valence-electron chi connectivity index (χ0n) is 17.7. The lowest BCUT2D eigenvalue weighted by Crippen LogP contribution is -2.39. The van der Waals surface area contributed by atoms with E-state index in [9.17, 15) is 0 Å². The number of aliphatic imine (C=N–C) groups is 1. The van der Waals surface area contributed by atoms with Gasteiger partial charge in [0.05, 0.1) is 19.8 Å². The number of guanidine groups is 1. The number of halogens is 1. The number of ether oxygens (including phenoxy) is 2. The molecule has 29 heavy (non-hydrogen) atoms. The fourth-order valence-corrected chi connectivity index (χ4v) is 2.76. The summed E-state index contributed by atoms with van der Waals surface area (Å²) in [6.07, 6.45) is 0. The van der Waals surface area contributed by atoms with Gasteiger partial charge < -0.3 is 20.1 Å². The first kappa shape index (κ1) is 25.4. The van der Waals surface area contributed by atoms with Crippen LogP contribution >= 0.6 is 24.0 Å². The maximum atomic E-state index is 5.82. The summed E-state index contributed by atoms with van der Waals surface area (Å²) in [6.45, 7) is 8.40. The first-order valence-electron chi connectivity index (χ1n) is 9.93. The van der Waals surface area contributed by atoms with Crippen LogP contribution < -0.4 is 10.6 Å². The maximum Gasteiger partial charge on any atom is 0.191 e. The van der Waals surface area contributed by atoms with Gasteiger partial charge in [0, 0.05) is 26.7 Å². The third-order valence-corrected chi connectivity index (χ3v) is 4.38. The number of hydrogen-bond donors (Lipinski definition) is 2. The lowest BCUT2D eigenvalue weighted by Gasteiger charge is -2.17. The van der Waals surface area contributed by atoms with Crippen LogP contribution in [-0.2, 0) is 29.2 Å². The van der Waals surface area contributed by atoms with Crippen LogP contribution in [-0.4, -0.2) is 32.8 Å². The van der Waals surface area contributed by atoms with Crippen molar-refractivity contribution in [2.75, 3.05) is 26.8 Å². The highest BCUT2D eigenvalue weighted by molar-refractivity contribution is 14.0. The first-order chi connectivity index (χ1) is 13.7. The normalized spacial score (nSPS) is 12.2. The molecule has 1 unspecified atom stereocenters. The monoisotopic (exact) mass is 511 g/mol. The van der Waals surface area contributed by atoms with E-state index in [-0.39, 0.29) is 24.0 Å². The molecule has 5 nitrogen and oxygen atoms in total. The van der Waals surface area contributed by atoms with E-state index in [1.54, 1.807) is 7.05 Å². The van der Waals surface area contributed by atoms with Crippen molar-refractivity contribution in [1.29, 1.82) is 0 Å². The van der Waals surface area contributed by atoms with Gasteiger partial charge in [-0.1, -0.05) is 61.5 Å². The van der Waals surface area contributed by atoms with Gasteiger partial charge in [-0.2, -0.15) is 0 Å². The molecule has 0 aliphatic heterocycles. The minimum Gasteiger partial charge on any atom is -0.377 e. The fourth-order valence-electron chi connectivity index (χ4n) is 2.76. The van der Waals surface area contributed by atoms with Gasteiger partial charge in [0.1, 0.15) is 0 Å². The summed E-state index contributed by atoms with van der Waals surface area (Å²) in [5.74, 6) is 1.17. The molecule has 6 heteroatoms. The van der Waals surface area contributed by atoms with E-state index in [0.29, 0.717) is 32.3 Å². The van der Waals surface area contributed by atoms with Gasteiger partial charge in [-0.15, -0.1) is 24.0 Å². The topological polar surface area (TPSA) is 54.9 Å². The van der Waals surface area contributed by atoms with Crippen LogP contribution in [0.5, 0.6) is 0 Å². The van der Waals surface area contributed by atoms with E-state index in [2.05, 4.69) is 52.9 Å². The van der Waals surface area contributed by atoms with Crippen LogP contribution in [0.3, 0.4) is 0 Å². The molecule has 0 saturated heterocycles. The van der Waals surface area contributed by atoms with Crippen LogP contribution in [0, 0.1) is 5.92 Å². The Hall–Kier alpha value is -1.64. The standard InChI is InChI=1S/C23H33N3O2.HI/c1-4-27-18-22-13-9-8-12-21(22)15-26-23(24-3)25-14-19(2)16-28-17-20-10-6-5-7-11-20;/h5-13,19H,4,14-18H2,1-3H3,(H2,24,25,26);1H. The van der Waals surface area contributed by atoms with Gasteiger partial charge in [0.15, 0.2) is 5.96 Å². The van der Waals surface area contributed by atoms with Crippen molar-refractivity contribution in [3.63, 3.8) is 0 Å². The van der Waals surface area contributed by atoms with E-state index >= 15 is 0 Å². The van der Waals surface area contributed by atoms with Crippen molar-refractivity contribution in [2.24, 2.45) is 10.9 Å². The number of benzene rings is 2. The summed E-state index contributed by atoms with van der Waals surface area (Å²) in [4.78, 5) is 4.32. The Morgan fingerprint density at radius 3 is 2.31 bits per heavy atom. The van der Waals surface area contributed by atoms with Crippen LogP contribution in [0.4, 0.5) is 0 Å². The molecule has 160 valence electrons. The molecule has 0 spiro atoms. The predicted molar refractivity (Wildman–Crippen MR) is 131 cm³/mol. The molecule has 0 radical (unpaired) electrons. The van der Waals surface area contributed by atoms with E-state index in [1.807, 2.05) is 31.2 Å². The summed E-state index contributed by atoms with van der Waals surface area (Å²) in [5.41, 5.74) is 3.62. The highest BCUT2D eigenvalue weighted by atomic mass is 127. The Labute approximate surface area is 192 Å². The summed E-state index contributed by atoms with van der Waals surface area (Å²) < 4.78 is 11.4. The Balaban J connectivity index is 0.00000420. The van der Waals surface area contributed by atoms with Crippen LogP contribution in [0.2, 0.25) is 0 Å². The third-order valence-electron chi connectivity index (χ3n) is 4.38. The quantitative estimate of drug-likeness (QED) is 0.268. The molecule has 2 rings (SSSR count). The predicted octanol–water partition coefficient (Wildman–Crippen LogP) is 4.36. The minimum absolute atomic E-state index is 0. The first-order valence-corrected chi connectivity index (χ1v) is 9.93. The molecule has 2 aromatic rings. The largest absolute Gasteiger partial charge is 0.377 e. The van der Waals surface area contributed by atoms with Gasteiger partial charge in [-0.05, 0) is 29.5 Å². The average molecular weight is 511 g/mol. The molecule has 0 aromatic heterocycles. The molecule has 2 aromatic carbocycles. The van der Waals surface area contributed by atoms with Crippen molar-refractivity contribution < 1.29 is 9.47 Å². The summed E-state index contributed by atoms with van der Waals surface area (Å²) in [7, 11) is 1.79. The van der Waals surface area contributed by atoms with Gasteiger partial charge in [-0.25, -0.2) is 0 Å². The van der Waals surface area contributed by atoms with E-state index in [1.165, 1.54) is 16.7 Å². The lowest BCUT2D eigenvalue weighted by molar-refractivity contribution is 0.0931. The van der Waals surface area contributed by atoms with Crippen molar-refractivity contribution in [3.8, 4) is 0 Å². The molecule has 0 bridgehead atoms. The van der Waals surface area contributed by atoms with Gasteiger partial charge in [0.2, 0.25) is 0 Å². The lowest BCUT2D eigenvalue weighted by atomic mass is 10.1. The van der Waals surface area contributed by atoms with E-state index < -0.39 is 0 Å². The Morgan fingerprint density at radius 2 is 1.62 bits per heavy atom. The number of hydrogen-bond acceptors (Lipinski definition) is 3. The SMILES string of the molecule is CCOCc1ccccc1CNC(=NC)NCC(C)COCc1ccccc1.I. The van der Waals surface area contributed by atoms with Gasteiger partial charge >= 0.3 is 0 Å². The van der Waals surface area contributed by atoms with E-state index in [4.69, 9.17) is 9.47 Å². The maximum absolute atomic E-state index is 5.82. The van der Waals surface area contributed by atoms with Crippen LogP contribution in [0.25, 0.3) is 0 Å². The summed E-state index contributed by atoms with van der Waals surface area (Å²) in [5, 5.41) is 6.76. The molecule has 0 fully saturated rings. The van der Waals surface area contributed by atoms with Crippen molar-refractivity contribution >= 4 is 29.9 Å². The van der Waals surface area contributed by atoms with E-state index in [0.717, 1.165) is 19.1 Å². The number of rotatable bonds is 11. The Bertz CT molecular complexity index is 710. The molecule has 0 heterocycles.